The van der Waals surface area contributed by atoms with Crippen molar-refractivity contribution < 1.29 is 8.83 Å². The fourth-order valence-corrected chi connectivity index (χ4v) is 11.9. The van der Waals surface area contributed by atoms with Crippen LogP contribution in [0, 0.1) is 0 Å². The van der Waals surface area contributed by atoms with Crippen LogP contribution in [-0.4, -0.2) is 4.57 Å². The van der Waals surface area contributed by atoms with E-state index in [-0.39, 0.29) is 10.2 Å². The molecule has 0 aliphatic carbocycles. The molecule has 312 valence electrons. The Morgan fingerprint density at radius 3 is 1.89 bits per heavy atom. The van der Waals surface area contributed by atoms with E-state index in [4.69, 9.17) is 14.6 Å². The third kappa shape index (κ3) is 6.47. The maximum absolute atomic E-state index is 6.87. The highest BCUT2D eigenvalue weighted by Gasteiger charge is 2.24. The monoisotopic (exact) mass is 970 g/mol. The van der Waals surface area contributed by atoms with Gasteiger partial charge in [0.25, 0.3) is 0 Å². The number of aromatic nitrogens is 1. The summed E-state index contributed by atoms with van der Waals surface area (Å²) < 4.78 is 17.6. The highest BCUT2D eigenvalue weighted by Crippen LogP contribution is 2.43. The van der Waals surface area contributed by atoms with E-state index in [1.54, 1.807) is 0 Å². The normalized spacial score (nSPS) is 13.6. The van der Waals surface area contributed by atoms with Gasteiger partial charge < -0.3 is 19.1 Å². The third-order valence-electron chi connectivity index (χ3n) is 13.0. The van der Waals surface area contributed by atoms with E-state index in [2.05, 4.69) is 202 Å². The average molecular weight is 971 g/mol. The van der Waals surface area contributed by atoms with E-state index in [0.29, 0.717) is 0 Å². The predicted molar refractivity (Wildman–Crippen MR) is 279 cm³/mol. The molecule has 0 spiro atoms. The Balaban J connectivity index is 0.841. The first kappa shape index (κ1) is 38.6. The van der Waals surface area contributed by atoms with Gasteiger partial charge in [0.1, 0.15) is 22.3 Å². The summed E-state index contributed by atoms with van der Waals surface area (Å²) >= 11 is 4.38. The summed E-state index contributed by atoms with van der Waals surface area (Å²) in [5, 5.41) is 17.1. The molecule has 4 aromatic heterocycles. The number of furan rings is 2. The van der Waals surface area contributed by atoms with E-state index < -0.39 is 6.17 Å². The zero-order valence-electron chi connectivity index (χ0n) is 34.8. The molecule has 65 heavy (non-hydrogen) atoms. The number of fused-ring (bicyclic) bond motifs is 12. The van der Waals surface area contributed by atoms with Gasteiger partial charge in [-0.05, 0) is 101 Å². The quantitative estimate of drug-likeness (QED) is 0.0581. The first-order valence-corrected chi connectivity index (χ1v) is 23.9. The number of halogens is 1. The lowest BCUT2D eigenvalue weighted by Crippen LogP contribution is -2.40. The van der Waals surface area contributed by atoms with Gasteiger partial charge in [-0.15, -0.1) is 11.3 Å². The van der Waals surface area contributed by atoms with Crippen molar-refractivity contribution in [3.63, 3.8) is 0 Å². The molecule has 0 saturated heterocycles. The van der Waals surface area contributed by atoms with Crippen LogP contribution in [0.5, 0.6) is 0 Å². The van der Waals surface area contributed by atoms with Crippen LogP contribution in [0.4, 0.5) is 0 Å². The Labute approximate surface area is 391 Å². The maximum Gasteiger partial charge on any atom is 0.136 e. The topological polar surface area (TPSA) is 81.3 Å². The molecule has 4 N–H and O–H groups in total. The third-order valence-corrected chi connectivity index (χ3v) is 15.1. The molecular weight excluding hydrogens is 932 g/mol. The van der Waals surface area contributed by atoms with Gasteiger partial charge in [-0.3, -0.25) is 10.6 Å². The molecule has 0 radical (unpaired) electrons. The molecular formula is C57H39IN4O2S. The van der Waals surface area contributed by atoms with E-state index in [9.17, 15) is 0 Å². The predicted octanol–water partition coefficient (Wildman–Crippen LogP) is 15.6. The zero-order chi connectivity index (χ0) is 43.2. The lowest BCUT2D eigenvalue weighted by molar-refractivity contribution is 0.387. The van der Waals surface area contributed by atoms with Crippen molar-refractivity contribution in [1.82, 2.24) is 15.2 Å². The van der Waals surface area contributed by atoms with Crippen molar-refractivity contribution in [2.24, 2.45) is 5.73 Å². The molecule has 0 fully saturated rings. The minimum absolute atomic E-state index is 0.0583. The Morgan fingerprint density at radius 2 is 1.09 bits per heavy atom. The molecule has 13 aromatic rings. The number of nitrogens with zero attached hydrogens (tertiary/aromatic N) is 1. The summed E-state index contributed by atoms with van der Waals surface area (Å²) in [5.74, 6) is 0. The number of nitrogens with two attached hydrogens (primary N) is 1. The smallest absolute Gasteiger partial charge is 0.136 e. The number of thiophene rings is 1. The molecule has 0 aliphatic heterocycles. The van der Waals surface area contributed by atoms with Gasteiger partial charge in [-0.1, -0.05) is 144 Å². The molecule has 4 heterocycles. The maximum atomic E-state index is 6.87. The summed E-state index contributed by atoms with van der Waals surface area (Å²) in [4.78, 5) is 0. The van der Waals surface area contributed by atoms with E-state index in [1.165, 1.54) is 47.5 Å². The number of hydrogen-bond donors (Lipinski definition) is 3. The molecule has 13 rings (SSSR count). The summed E-state index contributed by atoms with van der Waals surface area (Å²) in [5.41, 5.74) is 19.5. The van der Waals surface area contributed by atoms with Gasteiger partial charge in [0.15, 0.2) is 0 Å². The first-order chi connectivity index (χ1) is 32.0. The largest absolute Gasteiger partial charge is 0.456 e. The standard InChI is InChI=1S/C57H39IN4O2S/c58-55(60-57(61-56(59)33-11-2-1-3-12-33)36-23-27-49-44(29-36)40-15-6-9-19-48(40)63-49)43-16-10-20-52-54(43)42-26-22-35(31-53(42)65-52)34-21-25-41-45-32-37(24-28-50(45)64-51(41)30-34)62-46-17-7-4-13-38(46)39-14-5-8-18-47(39)62/h1-32,55-57,60-61H,59H2. The van der Waals surface area contributed by atoms with E-state index >= 15 is 0 Å². The van der Waals surface area contributed by atoms with Gasteiger partial charge in [0, 0.05) is 58.2 Å². The molecule has 3 atom stereocenters. The van der Waals surface area contributed by atoms with Crippen LogP contribution in [0.25, 0.3) is 103 Å². The fraction of sp³-hybridized carbons (Fsp3) is 0.0526. The molecule has 0 aliphatic rings. The van der Waals surface area contributed by atoms with E-state index in [0.717, 1.165) is 71.8 Å². The van der Waals surface area contributed by atoms with Crippen LogP contribution in [0.1, 0.15) is 33.1 Å². The molecule has 0 bridgehead atoms. The van der Waals surface area contributed by atoms with Gasteiger partial charge in [0.05, 0.1) is 27.4 Å². The van der Waals surface area contributed by atoms with Gasteiger partial charge in [0.2, 0.25) is 0 Å². The van der Waals surface area contributed by atoms with Gasteiger partial charge >= 0.3 is 0 Å². The Bertz CT molecular complexity index is 3920. The van der Waals surface area contributed by atoms with Crippen molar-refractivity contribution >= 4 is 120 Å². The van der Waals surface area contributed by atoms with Crippen molar-refractivity contribution in [2.45, 2.75) is 16.4 Å². The lowest BCUT2D eigenvalue weighted by Gasteiger charge is -2.28. The summed E-state index contributed by atoms with van der Waals surface area (Å²) in [7, 11) is 0. The highest BCUT2D eigenvalue weighted by molar-refractivity contribution is 14.1. The number of rotatable bonds is 9. The van der Waals surface area contributed by atoms with Crippen LogP contribution in [0.15, 0.2) is 203 Å². The Hall–Kier alpha value is -6.79. The van der Waals surface area contributed by atoms with Crippen LogP contribution in [0.2, 0.25) is 0 Å². The highest BCUT2D eigenvalue weighted by atomic mass is 127. The van der Waals surface area contributed by atoms with Crippen LogP contribution < -0.4 is 16.4 Å². The average Bonchev–Trinajstić information content (AvgIpc) is 4.12. The summed E-state index contributed by atoms with van der Waals surface area (Å²) in [6, 6.07) is 68.8. The number of benzene rings is 9. The number of hydrogen-bond acceptors (Lipinski definition) is 6. The first-order valence-electron chi connectivity index (χ1n) is 21.8. The molecule has 6 nitrogen and oxygen atoms in total. The van der Waals surface area contributed by atoms with Crippen LogP contribution >= 0.6 is 33.9 Å². The number of alkyl halides is 1. The van der Waals surface area contributed by atoms with Crippen molar-refractivity contribution in [1.29, 1.82) is 0 Å². The lowest BCUT2D eigenvalue weighted by atomic mass is 10.0. The number of nitrogens with one attached hydrogen (secondary N) is 2. The molecule has 0 saturated carbocycles. The fourth-order valence-electron chi connectivity index (χ4n) is 9.86. The Morgan fingerprint density at radius 1 is 0.462 bits per heavy atom. The Kier molecular flexibility index (Phi) is 9.18. The van der Waals surface area contributed by atoms with Gasteiger partial charge in [-0.2, -0.15) is 0 Å². The van der Waals surface area contributed by atoms with Crippen LogP contribution in [0.3, 0.4) is 0 Å². The SMILES string of the molecule is NC(NC(NC(I)c1cccc2sc3cc(-c4ccc5c(c4)oc4ccc(-n6c7ccccc7c7ccccc76)cc45)ccc3c12)c1ccc2oc3ccccc3c2c1)c1ccccc1. The second kappa shape index (κ2) is 15.4. The van der Waals surface area contributed by atoms with Crippen molar-refractivity contribution in [3.8, 4) is 16.8 Å². The van der Waals surface area contributed by atoms with Crippen LogP contribution in [-0.2, 0) is 0 Å². The second-order valence-electron chi connectivity index (χ2n) is 16.8. The second-order valence-corrected chi connectivity index (χ2v) is 19.1. The van der Waals surface area contributed by atoms with Crippen molar-refractivity contribution in [2.75, 3.05) is 0 Å². The summed E-state index contributed by atoms with van der Waals surface area (Å²) in [6.45, 7) is 0. The molecule has 9 aromatic carbocycles. The minimum atomic E-state index is -0.396. The van der Waals surface area contributed by atoms with E-state index in [1.807, 2.05) is 41.7 Å². The molecule has 0 amide bonds. The number of para-hydroxylation sites is 3. The molecule has 3 unspecified atom stereocenters. The van der Waals surface area contributed by atoms with Gasteiger partial charge in [-0.25, -0.2) is 0 Å². The molecule has 8 heteroatoms. The summed E-state index contributed by atoms with van der Waals surface area (Å²) in [6.07, 6.45) is -0.668. The minimum Gasteiger partial charge on any atom is -0.456 e. The van der Waals surface area contributed by atoms with Crippen molar-refractivity contribution in [3.05, 3.63) is 211 Å². The zero-order valence-corrected chi connectivity index (χ0v) is 37.8.